The second-order valence-corrected chi connectivity index (χ2v) is 9.82. The molecule has 186 valence electrons. The molecule has 4 rings (SSSR count). The van der Waals surface area contributed by atoms with E-state index in [9.17, 15) is 14.4 Å². The summed E-state index contributed by atoms with van der Waals surface area (Å²) in [6.07, 6.45) is 3.48. The van der Waals surface area contributed by atoms with Crippen molar-refractivity contribution in [2.45, 2.75) is 45.1 Å². The number of carbonyl (C=O) groups excluding carboxylic acids is 3. The maximum absolute atomic E-state index is 13.0. The first kappa shape index (κ1) is 24.7. The Morgan fingerprint density at radius 2 is 1.76 bits per heavy atom. The molecule has 4 amide bonds. The Morgan fingerprint density at radius 3 is 2.50 bits per heavy atom. The van der Waals surface area contributed by atoms with Gasteiger partial charge >= 0.3 is 6.03 Å². The van der Waals surface area contributed by atoms with Crippen LogP contribution in [0.5, 0.6) is 0 Å². The molecule has 1 aromatic carbocycles. The fourth-order valence-electron chi connectivity index (χ4n) is 5.49. The molecule has 3 atom stereocenters. The second kappa shape index (κ2) is 11.8. The van der Waals surface area contributed by atoms with Gasteiger partial charge in [-0.05, 0) is 50.8 Å². The van der Waals surface area contributed by atoms with E-state index in [-0.39, 0.29) is 35.7 Å². The highest BCUT2D eigenvalue weighted by Gasteiger charge is 2.45. The largest absolute Gasteiger partial charge is 0.356 e. The smallest absolute Gasteiger partial charge is 0.324 e. The zero-order valence-electron chi connectivity index (χ0n) is 20.4. The number of piperazine rings is 1. The van der Waals surface area contributed by atoms with E-state index in [1.165, 1.54) is 4.90 Å². The monoisotopic (exact) mass is 469 g/mol. The van der Waals surface area contributed by atoms with E-state index in [1.54, 1.807) is 0 Å². The SMILES string of the molecule is CCN1CCN(CCCNC(=O)C2CCC3C(=O)N(CCc4ccccc4)C(=O)NC3C2)CC1. The van der Waals surface area contributed by atoms with Gasteiger partial charge in [-0.15, -0.1) is 0 Å². The molecule has 0 aromatic heterocycles. The van der Waals surface area contributed by atoms with Gasteiger partial charge in [-0.1, -0.05) is 37.3 Å². The van der Waals surface area contributed by atoms with Gasteiger partial charge in [-0.25, -0.2) is 4.79 Å². The molecule has 2 heterocycles. The van der Waals surface area contributed by atoms with Gasteiger partial charge in [0.1, 0.15) is 0 Å². The van der Waals surface area contributed by atoms with Gasteiger partial charge in [0.2, 0.25) is 11.8 Å². The fraction of sp³-hybridized carbons (Fsp3) is 0.654. The van der Waals surface area contributed by atoms with Gasteiger partial charge in [0.15, 0.2) is 0 Å². The average Bonchev–Trinajstić information content (AvgIpc) is 2.87. The molecule has 2 saturated heterocycles. The van der Waals surface area contributed by atoms with Crippen LogP contribution in [0.15, 0.2) is 30.3 Å². The van der Waals surface area contributed by atoms with Crippen LogP contribution in [0.3, 0.4) is 0 Å². The number of hydrogen-bond acceptors (Lipinski definition) is 5. The third-order valence-corrected chi connectivity index (χ3v) is 7.69. The third kappa shape index (κ3) is 6.16. The lowest BCUT2D eigenvalue weighted by molar-refractivity contribution is -0.139. The van der Waals surface area contributed by atoms with Crippen LogP contribution in [0.2, 0.25) is 0 Å². The molecule has 0 radical (unpaired) electrons. The molecular weight excluding hydrogens is 430 g/mol. The van der Waals surface area contributed by atoms with Crippen molar-refractivity contribution in [2.24, 2.45) is 11.8 Å². The summed E-state index contributed by atoms with van der Waals surface area (Å²) in [5.74, 6) is -0.396. The van der Waals surface area contributed by atoms with Gasteiger partial charge in [-0.3, -0.25) is 14.5 Å². The molecule has 0 spiro atoms. The van der Waals surface area contributed by atoms with Crippen LogP contribution in [-0.2, 0) is 16.0 Å². The molecule has 1 saturated carbocycles. The number of fused-ring (bicyclic) bond motifs is 1. The topological polar surface area (TPSA) is 85.0 Å². The average molecular weight is 470 g/mol. The number of carbonyl (C=O) groups is 3. The van der Waals surface area contributed by atoms with Gasteiger partial charge in [-0.2, -0.15) is 0 Å². The van der Waals surface area contributed by atoms with Crippen LogP contribution in [0.4, 0.5) is 4.79 Å². The van der Waals surface area contributed by atoms with Crippen LogP contribution >= 0.6 is 0 Å². The third-order valence-electron chi connectivity index (χ3n) is 7.69. The summed E-state index contributed by atoms with van der Waals surface area (Å²) >= 11 is 0. The highest BCUT2D eigenvalue weighted by molar-refractivity contribution is 5.99. The number of urea groups is 1. The molecule has 1 aromatic rings. The Balaban J connectivity index is 1.18. The molecule has 0 bridgehead atoms. The summed E-state index contributed by atoms with van der Waals surface area (Å²) < 4.78 is 0. The lowest BCUT2D eigenvalue weighted by atomic mass is 9.76. The predicted octanol–water partition coefficient (Wildman–Crippen LogP) is 1.71. The molecule has 8 heteroatoms. The Labute approximate surface area is 203 Å². The van der Waals surface area contributed by atoms with Crippen molar-refractivity contribution in [3.8, 4) is 0 Å². The van der Waals surface area contributed by atoms with E-state index in [4.69, 9.17) is 0 Å². The molecule has 3 aliphatic rings. The summed E-state index contributed by atoms with van der Waals surface area (Å²) in [6, 6.07) is 9.32. The first-order valence-electron chi connectivity index (χ1n) is 12.9. The highest BCUT2D eigenvalue weighted by Crippen LogP contribution is 2.33. The standard InChI is InChI=1S/C26H39N5O3/c1-2-29-15-17-30(18-16-29)13-6-12-27-24(32)21-9-10-22-23(19-21)28-26(34)31(25(22)33)14-11-20-7-4-3-5-8-20/h3-5,7-8,21-23H,2,6,9-19H2,1H3,(H,27,32)(H,28,34). The van der Waals surface area contributed by atoms with Crippen molar-refractivity contribution in [2.75, 3.05) is 52.4 Å². The number of hydrogen-bond donors (Lipinski definition) is 2. The molecule has 2 aliphatic heterocycles. The van der Waals surface area contributed by atoms with Crippen molar-refractivity contribution in [3.63, 3.8) is 0 Å². The van der Waals surface area contributed by atoms with E-state index in [1.807, 2.05) is 30.3 Å². The normalized spacial score (nSPS) is 26.1. The van der Waals surface area contributed by atoms with Crippen LogP contribution in [0.1, 0.15) is 38.2 Å². The zero-order valence-corrected chi connectivity index (χ0v) is 20.4. The fourth-order valence-corrected chi connectivity index (χ4v) is 5.49. The summed E-state index contributed by atoms with van der Waals surface area (Å²) in [5.41, 5.74) is 1.11. The molecule has 3 fully saturated rings. The van der Waals surface area contributed by atoms with E-state index in [0.29, 0.717) is 38.8 Å². The first-order valence-corrected chi connectivity index (χ1v) is 12.9. The molecular formula is C26H39N5O3. The van der Waals surface area contributed by atoms with Crippen molar-refractivity contribution >= 4 is 17.8 Å². The van der Waals surface area contributed by atoms with Gasteiger partial charge in [0.25, 0.3) is 0 Å². The Bertz CT molecular complexity index is 840. The van der Waals surface area contributed by atoms with Gasteiger partial charge in [0, 0.05) is 51.2 Å². The van der Waals surface area contributed by atoms with E-state index >= 15 is 0 Å². The van der Waals surface area contributed by atoms with E-state index in [0.717, 1.165) is 51.3 Å². The number of benzene rings is 1. The molecule has 34 heavy (non-hydrogen) atoms. The first-order chi connectivity index (χ1) is 16.5. The van der Waals surface area contributed by atoms with Crippen molar-refractivity contribution < 1.29 is 14.4 Å². The molecule has 8 nitrogen and oxygen atoms in total. The van der Waals surface area contributed by atoms with Crippen LogP contribution < -0.4 is 10.6 Å². The van der Waals surface area contributed by atoms with Crippen molar-refractivity contribution in [1.82, 2.24) is 25.3 Å². The van der Waals surface area contributed by atoms with Crippen molar-refractivity contribution in [3.05, 3.63) is 35.9 Å². The number of amides is 4. The minimum atomic E-state index is -0.327. The van der Waals surface area contributed by atoms with E-state index in [2.05, 4.69) is 27.4 Å². The summed E-state index contributed by atoms with van der Waals surface area (Å²) in [4.78, 5) is 44.7. The predicted molar refractivity (Wildman–Crippen MR) is 131 cm³/mol. The Hall–Kier alpha value is -2.45. The van der Waals surface area contributed by atoms with Gasteiger partial charge < -0.3 is 20.4 Å². The van der Waals surface area contributed by atoms with Gasteiger partial charge in [0.05, 0.1) is 5.92 Å². The maximum Gasteiger partial charge on any atom is 0.324 e. The molecule has 3 unspecified atom stereocenters. The number of likely N-dealkylation sites (N-methyl/N-ethyl adjacent to an activating group) is 1. The van der Waals surface area contributed by atoms with Crippen molar-refractivity contribution in [1.29, 1.82) is 0 Å². The molecule has 1 aliphatic carbocycles. The maximum atomic E-state index is 13.0. The summed E-state index contributed by atoms with van der Waals surface area (Å²) in [5, 5.41) is 6.11. The van der Waals surface area contributed by atoms with Crippen LogP contribution in [-0.4, -0.2) is 90.9 Å². The minimum Gasteiger partial charge on any atom is -0.356 e. The zero-order chi connectivity index (χ0) is 23.9. The second-order valence-electron chi connectivity index (χ2n) is 9.82. The van der Waals surface area contributed by atoms with Crippen LogP contribution in [0.25, 0.3) is 0 Å². The Kier molecular flexibility index (Phi) is 8.56. The summed E-state index contributed by atoms with van der Waals surface area (Å²) in [6.45, 7) is 9.85. The highest BCUT2D eigenvalue weighted by atomic mass is 16.2. The number of nitrogens with zero attached hydrogens (tertiary/aromatic N) is 3. The van der Waals surface area contributed by atoms with Crippen LogP contribution in [0, 0.1) is 11.8 Å². The lowest BCUT2D eigenvalue weighted by Gasteiger charge is -2.42. The quantitative estimate of drug-likeness (QED) is 0.538. The lowest BCUT2D eigenvalue weighted by Crippen LogP contribution is -2.62. The number of imide groups is 1. The Morgan fingerprint density at radius 1 is 1.03 bits per heavy atom. The minimum absolute atomic E-state index is 0.0578. The summed E-state index contributed by atoms with van der Waals surface area (Å²) in [7, 11) is 0. The number of rotatable bonds is 9. The molecule has 2 N–H and O–H groups in total. The number of nitrogens with one attached hydrogen (secondary N) is 2. The van der Waals surface area contributed by atoms with E-state index < -0.39 is 0 Å².